The molecule has 0 spiro atoms. The van der Waals surface area contributed by atoms with E-state index in [-0.39, 0.29) is 0 Å². The van der Waals surface area contributed by atoms with Crippen molar-refractivity contribution in [3.63, 3.8) is 0 Å². The van der Waals surface area contributed by atoms with Gasteiger partial charge < -0.3 is 4.43 Å². The highest BCUT2D eigenvalue weighted by Gasteiger charge is 2.16. The van der Waals surface area contributed by atoms with Crippen LogP contribution in [-0.4, -0.2) is 14.9 Å². The van der Waals surface area contributed by atoms with E-state index in [0.29, 0.717) is 5.92 Å². The molecule has 0 fully saturated rings. The Kier molecular flexibility index (Phi) is 6.84. The standard InChI is InChI=1S/C12H24OSi/c1-6-8-10-12(9-7-2)11-13-14(3,4)5/h6-7,12H,1-2,8-11H2,3-5H3. The van der Waals surface area contributed by atoms with Gasteiger partial charge in [-0.2, -0.15) is 0 Å². The van der Waals surface area contributed by atoms with Gasteiger partial charge in [-0.05, 0) is 44.8 Å². The number of hydrogen-bond donors (Lipinski definition) is 0. The Morgan fingerprint density at radius 3 is 2.29 bits per heavy atom. The molecule has 1 unspecified atom stereocenters. The topological polar surface area (TPSA) is 9.23 Å². The molecule has 0 aliphatic carbocycles. The molecule has 0 aliphatic heterocycles. The molecule has 0 heterocycles. The van der Waals surface area contributed by atoms with E-state index in [2.05, 4.69) is 32.8 Å². The summed E-state index contributed by atoms with van der Waals surface area (Å²) in [5.74, 6) is 0.622. The first-order chi connectivity index (χ1) is 6.49. The lowest BCUT2D eigenvalue weighted by molar-refractivity contribution is 0.236. The van der Waals surface area contributed by atoms with Crippen molar-refractivity contribution < 1.29 is 4.43 Å². The molecule has 0 N–H and O–H groups in total. The molecule has 1 atom stereocenters. The second kappa shape index (κ2) is 7.02. The first-order valence-electron chi connectivity index (χ1n) is 5.35. The molecule has 0 amide bonds. The van der Waals surface area contributed by atoms with E-state index < -0.39 is 8.32 Å². The number of rotatable bonds is 8. The van der Waals surface area contributed by atoms with E-state index >= 15 is 0 Å². The van der Waals surface area contributed by atoms with Gasteiger partial charge in [0.15, 0.2) is 8.32 Å². The molecule has 0 radical (unpaired) electrons. The van der Waals surface area contributed by atoms with Crippen molar-refractivity contribution in [1.82, 2.24) is 0 Å². The van der Waals surface area contributed by atoms with Gasteiger partial charge in [0.05, 0.1) is 0 Å². The molecular formula is C12H24OSi. The number of allylic oxidation sites excluding steroid dienone is 2. The Balaban J connectivity index is 3.83. The molecule has 2 heteroatoms. The summed E-state index contributed by atoms with van der Waals surface area (Å²) >= 11 is 0. The molecule has 0 bridgehead atoms. The minimum Gasteiger partial charge on any atom is -0.417 e. The van der Waals surface area contributed by atoms with E-state index in [0.717, 1.165) is 19.4 Å². The number of hydrogen-bond acceptors (Lipinski definition) is 1. The molecule has 0 rings (SSSR count). The fourth-order valence-corrected chi connectivity index (χ4v) is 1.96. The second-order valence-electron chi connectivity index (χ2n) is 4.68. The summed E-state index contributed by atoms with van der Waals surface area (Å²) in [5.41, 5.74) is 0. The van der Waals surface area contributed by atoms with E-state index in [9.17, 15) is 0 Å². The predicted molar refractivity (Wildman–Crippen MR) is 67.0 cm³/mol. The maximum atomic E-state index is 5.90. The molecule has 14 heavy (non-hydrogen) atoms. The fourth-order valence-electron chi connectivity index (χ4n) is 1.23. The monoisotopic (exact) mass is 212 g/mol. The lowest BCUT2D eigenvalue weighted by Crippen LogP contribution is -2.28. The van der Waals surface area contributed by atoms with Gasteiger partial charge in [0.25, 0.3) is 0 Å². The summed E-state index contributed by atoms with van der Waals surface area (Å²) < 4.78 is 5.90. The van der Waals surface area contributed by atoms with Crippen molar-refractivity contribution in [3.8, 4) is 0 Å². The van der Waals surface area contributed by atoms with Crippen LogP contribution in [0.1, 0.15) is 19.3 Å². The normalized spacial score (nSPS) is 13.6. The first kappa shape index (κ1) is 13.7. The van der Waals surface area contributed by atoms with E-state index in [1.807, 2.05) is 12.2 Å². The lowest BCUT2D eigenvalue weighted by atomic mass is 10.0. The van der Waals surface area contributed by atoms with Crippen molar-refractivity contribution in [2.75, 3.05) is 6.61 Å². The maximum Gasteiger partial charge on any atom is 0.183 e. The van der Waals surface area contributed by atoms with Crippen LogP contribution in [-0.2, 0) is 4.43 Å². The Labute approximate surface area is 90.0 Å². The average molecular weight is 212 g/mol. The van der Waals surface area contributed by atoms with Gasteiger partial charge in [-0.3, -0.25) is 0 Å². The van der Waals surface area contributed by atoms with E-state index in [1.165, 1.54) is 6.42 Å². The summed E-state index contributed by atoms with van der Waals surface area (Å²) in [5, 5.41) is 0. The summed E-state index contributed by atoms with van der Waals surface area (Å²) in [6, 6.07) is 0. The van der Waals surface area contributed by atoms with Gasteiger partial charge in [-0.25, -0.2) is 0 Å². The van der Waals surface area contributed by atoms with Crippen LogP contribution < -0.4 is 0 Å². The van der Waals surface area contributed by atoms with Crippen LogP contribution in [0.2, 0.25) is 19.6 Å². The maximum absolute atomic E-state index is 5.90. The molecule has 0 aliphatic rings. The van der Waals surface area contributed by atoms with Crippen LogP contribution in [0, 0.1) is 5.92 Å². The Bertz CT molecular complexity index is 170. The summed E-state index contributed by atoms with van der Waals surface area (Å²) in [6.07, 6.45) is 7.26. The molecule has 82 valence electrons. The van der Waals surface area contributed by atoms with Crippen LogP contribution in [0.25, 0.3) is 0 Å². The Morgan fingerprint density at radius 2 is 1.86 bits per heavy atom. The van der Waals surface area contributed by atoms with E-state index in [4.69, 9.17) is 4.43 Å². The molecule has 0 aromatic rings. The second-order valence-corrected chi connectivity index (χ2v) is 9.19. The highest BCUT2D eigenvalue weighted by Crippen LogP contribution is 2.15. The fraction of sp³-hybridized carbons (Fsp3) is 0.667. The van der Waals surface area contributed by atoms with Gasteiger partial charge >= 0.3 is 0 Å². The summed E-state index contributed by atoms with van der Waals surface area (Å²) in [4.78, 5) is 0. The SMILES string of the molecule is C=CCCC(CC=C)CO[Si](C)(C)C. The van der Waals surface area contributed by atoms with Crippen LogP contribution >= 0.6 is 0 Å². The zero-order chi connectivity index (χ0) is 11.0. The van der Waals surface area contributed by atoms with Gasteiger partial charge in [0.1, 0.15) is 0 Å². The molecule has 0 aromatic heterocycles. The Hall–Kier alpha value is -0.343. The van der Waals surface area contributed by atoms with Crippen molar-refractivity contribution in [1.29, 1.82) is 0 Å². The zero-order valence-electron chi connectivity index (χ0n) is 9.88. The molecule has 0 aromatic carbocycles. The largest absolute Gasteiger partial charge is 0.417 e. The van der Waals surface area contributed by atoms with Crippen molar-refractivity contribution in [3.05, 3.63) is 25.3 Å². The van der Waals surface area contributed by atoms with E-state index in [1.54, 1.807) is 0 Å². The third kappa shape index (κ3) is 8.26. The lowest BCUT2D eigenvalue weighted by Gasteiger charge is -2.22. The molecule has 0 saturated heterocycles. The summed E-state index contributed by atoms with van der Waals surface area (Å²) in [6.45, 7) is 15.1. The third-order valence-electron chi connectivity index (χ3n) is 2.03. The van der Waals surface area contributed by atoms with Crippen LogP contribution in [0.3, 0.4) is 0 Å². The van der Waals surface area contributed by atoms with Crippen LogP contribution in [0.4, 0.5) is 0 Å². The molecular weight excluding hydrogens is 188 g/mol. The minimum absolute atomic E-state index is 0.622. The van der Waals surface area contributed by atoms with Crippen molar-refractivity contribution in [2.24, 2.45) is 5.92 Å². The molecule has 1 nitrogen and oxygen atoms in total. The highest BCUT2D eigenvalue weighted by atomic mass is 28.4. The van der Waals surface area contributed by atoms with Gasteiger partial charge in [-0.1, -0.05) is 12.2 Å². The predicted octanol–water partition coefficient (Wildman–Crippen LogP) is 4.00. The minimum atomic E-state index is -1.35. The van der Waals surface area contributed by atoms with Crippen molar-refractivity contribution in [2.45, 2.75) is 38.9 Å². The quantitative estimate of drug-likeness (QED) is 0.436. The summed E-state index contributed by atoms with van der Waals surface area (Å²) in [7, 11) is -1.35. The average Bonchev–Trinajstić information content (AvgIpc) is 2.08. The Morgan fingerprint density at radius 1 is 1.21 bits per heavy atom. The van der Waals surface area contributed by atoms with Crippen LogP contribution in [0.5, 0.6) is 0 Å². The van der Waals surface area contributed by atoms with Gasteiger partial charge in [0, 0.05) is 6.61 Å². The third-order valence-corrected chi connectivity index (χ3v) is 3.06. The van der Waals surface area contributed by atoms with Crippen molar-refractivity contribution >= 4 is 8.32 Å². The molecule has 0 saturated carbocycles. The van der Waals surface area contributed by atoms with Gasteiger partial charge in [0.2, 0.25) is 0 Å². The van der Waals surface area contributed by atoms with Gasteiger partial charge in [-0.15, -0.1) is 13.2 Å². The highest BCUT2D eigenvalue weighted by molar-refractivity contribution is 6.69. The van der Waals surface area contributed by atoms with Crippen LogP contribution in [0.15, 0.2) is 25.3 Å². The first-order valence-corrected chi connectivity index (χ1v) is 8.76. The smallest absolute Gasteiger partial charge is 0.183 e. The zero-order valence-corrected chi connectivity index (χ0v) is 10.9.